The molecule has 4 nitrogen and oxygen atoms in total. The van der Waals surface area contributed by atoms with Crippen molar-refractivity contribution in [3.8, 4) is 0 Å². The Kier molecular flexibility index (Phi) is 4.86. The molecule has 2 atom stereocenters. The van der Waals surface area contributed by atoms with Crippen LogP contribution in [0.15, 0.2) is 0 Å². The molecule has 124 valence electrons. The van der Waals surface area contributed by atoms with Crippen molar-refractivity contribution in [2.24, 2.45) is 5.92 Å². The van der Waals surface area contributed by atoms with E-state index in [0.717, 1.165) is 58.0 Å². The minimum absolute atomic E-state index is 0.117. The Bertz CT molecular complexity index is 430. The van der Waals surface area contributed by atoms with Crippen LogP contribution < -0.4 is 0 Å². The fourth-order valence-corrected chi connectivity index (χ4v) is 4.48. The number of rotatable bonds is 4. The van der Waals surface area contributed by atoms with E-state index in [4.69, 9.17) is 4.74 Å². The number of carbonyl (C=O) groups is 2. The predicted octanol–water partition coefficient (Wildman–Crippen LogP) is 3.09. The largest absolute Gasteiger partial charge is 0.370 e. The van der Waals surface area contributed by atoms with E-state index in [9.17, 15) is 9.59 Å². The molecule has 3 rings (SSSR count). The molecule has 1 saturated carbocycles. The Labute approximate surface area is 133 Å². The zero-order chi connectivity index (χ0) is 15.6. The van der Waals surface area contributed by atoms with E-state index in [1.165, 1.54) is 12.8 Å². The number of hydrogen-bond acceptors (Lipinski definition) is 3. The van der Waals surface area contributed by atoms with Gasteiger partial charge in [0.1, 0.15) is 5.78 Å². The minimum atomic E-state index is -0.117. The van der Waals surface area contributed by atoms with Crippen LogP contribution in [0.1, 0.15) is 71.1 Å². The van der Waals surface area contributed by atoms with E-state index in [-0.39, 0.29) is 23.4 Å². The Morgan fingerprint density at radius 1 is 1.14 bits per heavy atom. The smallest absolute Gasteiger partial charge is 0.225 e. The third kappa shape index (κ3) is 3.53. The van der Waals surface area contributed by atoms with Gasteiger partial charge >= 0.3 is 0 Å². The first kappa shape index (κ1) is 16.0. The summed E-state index contributed by atoms with van der Waals surface area (Å²) in [5.74, 6) is 0.878. The fraction of sp³-hybridized carbons (Fsp3) is 0.889. The second-order valence-electron chi connectivity index (χ2n) is 7.55. The van der Waals surface area contributed by atoms with Crippen molar-refractivity contribution in [2.75, 3.05) is 13.1 Å². The molecule has 0 bridgehead atoms. The molecule has 3 aliphatic rings. The van der Waals surface area contributed by atoms with Gasteiger partial charge in [0, 0.05) is 25.4 Å². The summed E-state index contributed by atoms with van der Waals surface area (Å²) in [6.45, 7) is 3.32. The second kappa shape index (κ2) is 6.69. The van der Waals surface area contributed by atoms with Gasteiger partial charge in [0.2, 0.25) is 5.91 Å². The van der Waals surface area contributed by atoms with Crippen LogP contribution in [-0.4, -0.2) is 41.4 Å². The van der Waals surface area contributed by atoms with Crippen LogP contribution in [-0.2, 0) is 14.3 Å². The highest BCUT2D eigenvalue weighted by Crippen LogP contribution is 2.40. The summed E-state index contributed by atoms with van der Waals surface area (Å²) in [5.41, 5.74) is -0.117. The highest BCUT2D eigenvalue weighted by atomic mass is 16.5. The summed E-state index contributed by atoms with van der Waals surface area (Å²) in [6, 6.07) is 0. The molecule has 1 spiro atoms. The Hall–Kier alpha value is -0.900. The van der Waals surface area contributed by atoms with Gasteiger partial charge < -0.3 is 14.4 Å². The maximum absolute atomic E-state index is 12.7. The number of nitrogens with zero attached hydrogens (tertiary/aromatic N) is 1. The molecule has 22 heavy (non-hydrogen) atoms. The number of hydrogen-bond donors (Lipinski definition) is 0. The molecule has 0 N–H and O–H groups in total. The van der Waals surface area contributed by atoms with Gasteiger partial charge in [-0.25, -0.2) is 0 Å². The number of ether oxygens (including phenoxy) is 1. The van der Waals surface area contributed by atoms with E-state index in [0.29, 0.717) is 12.3 Å². The van der Waals surface area contributed by atoms with Gasteiger partial charge in [-0.15, -0.1) is 0 Å². The van der Waals surface area contributed by atoms with Crippen molar-refractivity contribution in [1.29, 1.82) is 0 Å². The van der Waals surface area contributed by atoms with E-state index < -0.39 is 0 Å². The molecule has 4 heteroatoms. The molecule has 0 aromatic rings. The topological polar surface area (TPSA) is 46.6 Å². The second-order valence-corrected chi connectivity index (χ2v) is 7.55. The SMILES string of the molecule is CC(=O)CC[C@H]1CC[C@]2(CCCN(C(=O)C3CCCC3)C2)O1. The van der Waals surface area contributed by atoms with Crippen molar-refractivity contribution < 1.29 is 14.3 Å². The van der Waals surface area contributed by atoms with Gasteiger partial charge in [0.25, 0.3) is 0 Å². The van der Waals surface area contributed by atoms with Crippen LogP contribution in [0.2, 0.25) is 0 Å². The molecule has 2 saturated heterocycles. The van der Waals surface area contributed by atoms with Crippen LogP contribution in [0.3, 0.4) is 0 Å². The molecule has 1 amide bonds. The Morgan fingerprint density at radius 3 is 2.64 bits per heavy atom. The average Bonchev–Trinajstić information content (AvgIpc) is 3.15. The van der Waals surface area contributed by atoms with Crippen LogP contribution in [0.4, 0.5) is 0 Å². The van der Waals surface area contributed by atoms with Gasteiger partial charge in [-0.3, -0.25) is 4.79 Å². The first-order valence-electron chi connectivity index (χ1n) is 9.04. The van der Waals surface area contributed by atoms with Gasteiger partial charge in [-0.2, -0.15) is 0 Å². The zero-order valence-corrected chi connectivity index (χ0v) is 13.8. The molecule has 0 radical (unpaired) electrons. The Morgan fingerprint density at radius 2 is 1.91 bits per heavy atom. The molecule has 2 aliphatic heterocycles. The van der Waals surface area contributed by atoms with E-state index in [1.807, 2.05) is 0 Å². The number of likely N-dealkylation sites (tertiary alicyclic amines) is 1. The van der Waals surface area contributed by atoms with Crippen molar-refractivity contribution in [2.45, 2.75) is 82.8 Å². The van der Waals surface area contributed by atoms with Crippen molar-refractivity contribution in [3.63, 3.8) is 0 Å². The van der Waals surface area contributed by atoms with Crippen LogP contribution in [0.5, 0.6) is 0 Å². The predicted molar refractivity (Wildman–Crippen MR) is 84.5 cm³/mol. The molecule has 1 aliphatic carbocycles. The lowest BCUT2D eigenvalue weighted by Gasteiger charge is -2.41. The van der Waals surface area contributed by atoms with E-state index >= 15 is 0 Å². The summed E-state index contributed by atoms with van der Waals surface area (Å²) in [7, 11) is 0. The fourth-order valence-electron chi connectivity index (χ4n) is 4.48. The molecule has 0 aromatic carbocycles. The van der Waals surface area contributed by atoms with Crippen molar-refractivity contribution in [1.82, 2.24) is 4.90 Å². The van der Waals surface area contributed by atoms with Gasteiger partial charge in [0.15, 0.2) is 0 Å². The lowest BCUT2D eigenvalue weighted by molar-refractivity contribution is -0.146. The molecule has 0 unspecified atom stereocenters. The number of piperidine rings is 1. The first-order chi connectivity index (χ1) is 10.6. The summed E-state index contributed by atoms with van der Waals surface area (Å²) >= 11 is 0. The number of ketones is 1. The van der Waals surface area contributed by atoms with Gasteiger partial charge in [-0.05, 0) is 51.9 Å². The standard InChI is InChI=1S/C18H29NO3/c1-14(20)7-8-16-9-11-18(22-16)10-4-12-19(13-18)17(21)15-5-2-3-6-15/h15-16H,2-13H2,1H3/t16-,18-/m0/s1. The van der Waals surface area contributed by atoms with Gasteiger partial charge in [0.05, 0.1) is 11.7 Å². The monoisotopic (exact) mass is 307 g/mol. The number of Topliss-reactive ketones (excluding diaryl/α,β-unsaturated/α-hetero) is 1. The minimum Gasteiger partial charge on any atom is -0.370 e. The number of carbonyl (C=O) groups excluding carboxylic acids is 2. The maximum Gasteiger partial charge on any atom is 0.225 e. The third-order valence-electron chi connectivity index (χ3n) is 5.71. The summed E-state index contributed by atoms with van der Waals surface area (Å²) < 4.78 is 6.34. The zero-order valence-electron chi connectivity index (χ0n) is 13.8. The van der Waals surface area contributed by atoms with Crippen LogP contribution >= 0.6 is 0 Å². The highest BCUT2D eigenvalue weighted by molar-refractivity contribution is 5.79. The average molecular weight is 307 g/mol. The van der Waals surface area contributed by atoms with E-state index in [2.05, 4.69) is 4.90 Å². The maximum atomic E-state index is 12.7. The van der Waals surface area contributed by atoms with Crippen molar-refractivity contribution >= 4 is 11.7 Å². The van der Waals surface area contributed by atoms with Crippen LogP contribution in [0.25, 0.3) is 0 Å². The lowest BCUT2D eigenvalue weighted by Crippen LogP contribution is -2.51. The normalized spacial score (nSPS) is 32.8. The molecular weight excluding hydrogens is 278 g/mol. The van der Waals surface area contributed by atoms with Gasteiger partial charge in [-0.1, -0.05) is 12.8 Å². The number of amides is 1. The third-order valence-corrected chi connectivity index (χ3v) is 5.71. The van der Waals surface area contributed by atoms with Crippen LogP contribution in [0, 0.1) is 5.92 Å². The van der Waals surface area contributed by atoms with E-state index in [1.54, 1.807) is 6.92 Å². The summed E-state index contributed by atoms with van der Waals surface area (Å²) in [5, 5.41) is 0. The highest BCUT2D eigenvalue weighted by Gasteiger charge is 2.44. The summed E-state index contributed by atoms with van der Waals surface area (Å²) in [6.07, 6.45) is 10.4. The Balaban J connectivity index is 1.56. The lowest BCUT2D eigenvalue weighted by atomic mass is 9.89. The molecule has 3 fully saturated rings. The molecule has 0 aromatic heterocycles. The quantitative estimate of drug-likeness (QED) is 0.802. The summed E-state index contributed by atoms with van der Waals surface area (Å²) in [4.78, 5) is 25.9. The van der Waals surface area contributed by atoms with Crippen molar-refractivity contribution in [3.05, 3.63) is 0 Å². The first-order valence-corrected chi connectivity index (χ1v) is 9.04. The molecular formula is C18H29NO3. The molecule has 2 heterocycles.